The minimum atomic E-state index is 0.264. The second-order valence-corrected chi connectivity index (χ2v) is 5.96. The molecule has 0 atom stereocenters. The lowest BCUT2D eigenvalue weighted by atomic mass is 10.1. The summed E-state index contributed by atoms with van der Waals surface area (Å²) in [6.07, 6.45) is 0.963. The van der Waals surface area contributed by atoms with E-state index in [1.54, 1.807) is 0 Å². The molecule has 1 N–H and O–H groups in total. The van der Waals surface area contributed by atoms with Gasteiger partial charge >= 0.3 is 0 Å². The van der Waals surface area contributed by atoms with Gasteiger partial charge in [-0.25, -0.2) is 9.97 Å². The Hall–Kier alpha value is -1.61. The highest BCUT2D eigenvalue weighted by Gasteiger charge is 2.11. The third-order valence-corrected chi connectivity index (χ3v) is 3.94. The van der Waals surface area contributed by atoms with E-state index in [9.17, 15) is 0 Å². The molecule has 1 heterocycles. The fourth-order valence-electron chi connectivity index (χ4n) is 2.14. The summed E-state index contributed by atoms with van der Waals surface area (Å²) >= 11 is 6.19. The monoisotopic (exact) mass is 303 g/mol. The number of nitrogens with one attached hydrogen (secondary N) is 1. The minimum absolute atomic E-state index is 0.264. The van der Waals surface area contributed by atoms with Crippen molar-refractivity contribution < 1.29 is 0 Å². The number of halogens is 1. The Kier molecular flexibility index (Phi) is 5.18. The van der Waals surface area contributed by atoms with Crippen LogP contribution in [0.2, 0.25) is 5.15 Å². The van der Waals surface area contributed by atoms with E-state index in [0.29, 0.717) is 5.15 Å². The molecule has 1 aromatic heterocycles. The van der Waals surface area contributed by atoms with E-state index >= 15 is 0 Å². The van der Waals surface area contributed by atoms with Gasteiger partial charge in [-0.2, -0.15) is 0 Å². The first-order chi connectivity index (χ1) is 9.99. The fourth-order valence-corrected chi connectivity index (χ4v) is 2.32. The van der Waals surface area contributed by atoms with Crippen LogP contribution in [0.3, 0.4) is 0 Å². The summed E-state index contributed by atoms with van der Waals surface area (Å²) in [4.78, 5) is 8.91. The molecular weight excluding hydrogens is 282 g/mol. The molecule has 112 valence electrons. The van der Waals surface area contributed by atoms with Gasteiger partial charge in [0.1, 0.15) is 16.8 Å². The van der Waals surface area contributed by atoms with Gasteiger partial charge in [-0.05, 0) is 31.4 Å². The molecule has 2 aromatic rings. The van der Waals surface area contributed by atoms with Crippen LogP contribution in [0.25, 0.3) is 0 Å². The first-order valence-electron chi connectivity index (χ1n) is 7.31. The number of hydrogen-bond acceptors (Lipinski definition) is 3. The van der Waals surface area contributed by atoms with E-state index in [2.05, 4.69) is 60.3 Å². The number of anilines is 1. The summed E-state index contributed by atoms with van der Waals surface area (Å²) in [6, 6.07) is 8.44. The Morgan fingerprint density at radius 1 is 1.14 bits per heavy atom. The SMILES string of the molecule is Cc1ccccc1CCNc1nc(C(C)C)nc(Cl)c1C. The Labute approximate surface area is 131 Å². The zero-order valence-electron chi connectivity index (χ0n) is 13.1. The van der Waals surface area contributed by atoms with Gasteiger partial charge in [0.05, 0.1) is 0 Å². The zero-order chi connectivity index (χ0) is 15.4. The highest BCUT2D eigenvalue weighted by Crippen LogP contribution is 2.23. The lowest BCUT2D eigenvalue weighted by Crippen LogP contribution is -2.11. The average molecular weight is 304 g/mol. The normalized spacial score (nSPS) is 11.0. The van der Waals surface area contributed by atoms with Gasteiger partial charge in [0.25, 0.3) is 0 Å². The van der Waals surface area contributed by atoms with Gasteiger partial charge in [-0.1, -0.05) is 49.7 Å². The summed E-state index contributed by atoms with van der Waals surface area (Å²) in [6.45, 7) is 9.05. The summed E-state index contributed by atoms with van der Waals surface area (Å²) in [5, 5.41) is 3.92. The molecule has 0 spiro atoms. The predicted molar refractivity (Wildman–Crippen MR) is 89.2 cm³/mol. The predicted octanol–water partition coefficient (Wildman–Crippen LogP) is 4.52. The van der Waals surface area contributed by atoms with Gasteiger partial charge in [-0.3, -0.25) is 0 Å². The number of benzene rings is 1. The van der Waals surface area contributed by atoms with Crippen molar-refractivity contribution >= 4 is 17.4 Å². The standard InChI is InChI=1S/C17H22ClN3/c1-11(2)16-20-15(18)13(4)17(21-16)19-10-9-14-8-6-5-7-12(14)3/h5-8,11H,9-10H2,1-4H3,(H,19,20,21). The van der Waals surface area contributed by atoms with Gasteiger partial charge in [0, 0.05) is 18.0 Å². The second kappa shape index (κ2) is 6.90. The van der Waals surface area contributed by atoms with Crippen molar-refractivity contribution in [1.29, 1.82) is 0 Å². The molecule has 0 saturated carbocycles. The molecule has 0 aliphatic rings. The molecule has 3 nitrogen and oxygen atoms in total. The van der Waals surface area contributed by atoms with Crippen LogP contribution in [0.1, 0.15) is 42.3 Å². The molecule has 2 rings (SSSR count). The van der Waals surface area contributed by atoms with Gasteiger partial charge < -0.3 is 5.32 Å². The van der Waals surface area contributed by atoms with Crippen LogP contribution in [-0.4, -0.2) is 16.5 Å². The third-order valence-electron chi connectivity index (χ3n) is 3.57. The highest BCUT2D eigenvalue weighted by molar-refractivity contribution is 6.30. The van der Waals surface area contributed by atoms with Crippen molar-refractivity contribution in [1.82, 2.24) is 9.97 Å². The molecule has 0 saturated heterocycles. The molecule has 0 radical (unpaired) electrons. The Bertz CT molecular complexity index is 623. The smallest absolute Gasteiger partial charge is 0.137 e. The molecular formula is C17H22ClN3. The maximum Gasteiger partial charge on any atom is 0.137 e. The number of nitrogens with zero attached hydrogens (tertiary/aromatic N) is 2. The lowest BCUT2D eigenvalue weighted by Gasteiger charge is -2.13. The summed E-state index contributed by atoms with van der Waals surface area (Å²) < 4.78 is 0. The van der Waals surface area contributed by atoms with E-state index in [4.69, 9.17) is 11.6 Å². The topological polar surface area (TPSA) is 37.8 Å². The first kappa shape index (κ1) is 15.8. The van der Waals surface area contributed by atoms with Crippen LogP contribution in [0, 0.1) is 13.8 Å². The summed E-state index contributed by atoms with van der Waals surface area (Å²) in [7, 11) is 0. The molecule has 0 aliphatic carbocycles. The molecule has 0 bridgehead atoms. The van der Waals surface area contributed by atoms with Crippen LogP contribution >= 0.6 is 11.6 Å². The van der Waals surface area contributed by atoms with E-state index in [1.165, 1.54) is 11.1 Å². The van der Waals surface area contributed by atoms with Crippen LogP contribution in [-0.2, 0) is 6.42 Å². The van der Waals surface area contributed by atoms with Crippen molar-refractivity contribution in [2.75, 3.05) is 11.9 Å². The van der Waals surface area contributed by atoms with Gasteiger partial charge in [0.2, 0.25) is 0 Å². The van der Waals surface area contributed by atoms with Gasteiger partial charge in [-0.15, -0.1) is 0 Å². The summed E-state index contributed by atoms with van der Waals surface area (Å²) in [5.74, 6) is 1.89. The van der Waals surface area contributed by atoms with Crippen molar-refractivity contribution in [3.05, 3.63) is 51.9 Å². The summed E-state index contributed by atoms with van der Waals surface area (Å²) in [5.41, 5.74) is 3.58. The van der Waals surface area contributed by atoms with E-state index in [0.717, 1.165) is 30.2 Å². The highest BCUT2D eigenvalue weighted by atomic mass is 35.5. The van der Waals surface area contributed by atoms with E-state index in [-0.39, 0.29) is 5.92 Å². The average Bonchev–Trinajstić information content (AvgIpc) is 2.45. The zero-order valence-corrected chi connectivity index (χ0v) is 13.8. The Morgan fingerprint density at radius 3 is 2.52 bits per heavy atom. The quantitative estimate of drug-likeness (QED) is 0.825. The Balaban J connectivity index is 2.08. The third kappa shape index (κ3) is 3.94. The van der Waals surface area contributed by atoms with Crippen LogP contribution < -0.4 is 5.32 Å². The van der Waals surface area contributed by atoms with E-state index in [1.807, 2.05) is 6.92 Å². The maximum absolute atomic E-state index is 6.19. The van der Waals surface area contributed by atoms with Crippen molar-refractivity contribution in [2.24, 2.45) is 0 Å². The van der Waals surface area contributed by atoms with Crippen LogP contribution in [0.15, 0.2) is 24.3 Å². The molecule has 0 aliphatic heterocycles. The van der Waals surface area contributed by atoms with E-state index < -0.39 is 0 Å². The van der Waals surface area contributed by atoms with Crippen LogP contribution in [0.5, 0.6) is 0 Å². The minimum Gasteiger partial charge on any atom is -0.369 e. The lowest BCUT2D eigenvalue weighted by molar-refractivity contribution is 0.771. The molecule has 21 heavy (non-hydrogen) atoms. The number of hydrogen-bond donors (Lipinski definition) is 1. The molecule has 4 heteroatoms. The molecule has 0 amide bonds. The number of rotatable bonds is 5. The van der Waals surface area contributed by atoms with Crippen LogP contribution in [0.4, 0.5) is 5.82 Å². The van der Waals surface area contributed by atoms with Crippen molar-refractivity contribution in [3.63, 3.8) is 0 Å². The molecule has 0 unspecified atom stereocenters. The molecule has 1 aromatic carbocycles. The maximum atomic E-state index is 6.19. The largest absolute Gasteiger partial charge is 0.369 e. The Morgan fingerprint density at radius 2 is 1.86 bits per heavy atom. The van der Waals surface area contributed by atoms with Crippen molar-refractivity contribution in [3.8, 4) is 0 Å². The number of aryl methyl sites for hydroxylation is 1. The fraction of sp³-hybridized carbons (Fsp3) is 0.412. The molecule has 0 fully saturated rings. The van der Waals surface area contributed by atoms with Crippen molar-refractivity contribution in [2.45, 2.75) is 40.0 Å². The second-order valence-electron chi connectivity index (χ2n) is 5.60. The number of aromatic nitrogens is 2. The van der Waals surface area contributed by atoms with Gasteiger partial charge in [0.15, 0.2) is 0 Å². The first-order valence-corrected chi connectivity index (χ1v) is 7.69.